The molecule has 1 N–H and O–H groups in total. The van der Waals surface area contributed by atoms with E-state index in [2.05, 4.69) is 10.3 Å². The first-order chi connectivity index (χ1) is 17.3. The molecule has 4 aromatic rings. The summed E-state index contributed by atoms with van der Waals surface area (Å²) in [6, 6.07) is 15.8. The molecule has 1 fully saturated rings. The third-order valence-electron chi connectivity index (χ3n) is 6.32. The van der Waals surface area contributed by atoms with Crippen LogP contribution in [0.5, 0.6) is 0 Å². The highest BCUT2D eigenvalue weighted by Crippen LogP contribution is 2.35. The number of carbonyl (C=O) groups is 1. The fraction of sp³-hybridized carbons (Fsp3) is 0.269. The summed E-state index contributed by atoms with van der Waals surface area (Å²) in [5.41, 5.74) is 1.95. The summed E-state index contributed by atoms with van der Waals surface area (Å²) in [7, 11) is -3.54. The largest absolute Gasteiger partial charge is 0.325 e. The van der Waals surface area contributed by atoms with Crippen molar-refractivity contribution in [3.05, 3.63) is 76.2 Å². The molecule has 0 spiro atoms. The van der Waals surface area contributed by atoms with Gasteiger partial charge in [0.25, 0.3) is 5.56 Å². The molecule has 10 heteroatoms. The number of nitrogens with one attached hydrogen (secondary N) is 1. The van der Waals surface area contributed by atoms with Gasteiger partial charge in [-0.3, -0.25) is 14.2 Å². The van der Waals surface area contributed by atoms with Gasteiger partial charge in [-0.1, -0.05) is 36.8 Å². The number of nitrogens with zero attached hydrogens (tertiary/aromatic N) is 3. The second-order valence-corrected chi connectivity index (χ2v) is 11.9. The predicted molar refractivity (Wildman–Crippen MR) is 142 cm³/mol. The van der Waals surface area contributed by atoms with Gasteiger partial charge in [-0.25, -0.2) is 13.4 Å². The Balaban J connectivity index is 1.34. The van der Waals surface area contributed by atoms with Gasteiger partial charge in [-0.15, -0.1) is 11.3 Å². The van der Waals surface area contributed by atoms with Crippen molar-refractivity contribution in [3.63, 3.8) is 0 Å². The number of piperidine rings is 1. The van der Waals surface area contributed by atoms with Gasteiger partial charge >= 0.3 is 0 Å². The fourth-order valence-corrected chi connectivity index (χ4v) is 7.04. The zero-order chi connectivity index (χ0) is 25.3. The quantitative estimate of drug-likeness (QED) is 0.408. The first-order valence-electron chi connectivity index (χ1n) is 11.8. The van der Waals surface area contributed by atoms with Gasteiger partial charge in [0, 0.05) is 29.2 Å². The van der Waals surface area contributed by atoms with Crippen LogP contribution in [-0.4, -0.2) is 41.3 Å². The van der Waals surface area contributed by atoms with Crippen molar-refractivity contribution >= 4 is 43.2 Å². The highest BCUT2D eigenvalue weighted by Gasteiger charge is 2.25. The molecule has 8 nitrogen and oxygen atoms in total. The van der Waals surface area contributed by atoms with Crippen LogP contribution in [-0.2, 0) is 21.4 Å². The molecule has 0 aliphatic carbocycles. The van der Waals surface area contributed by atoms with Gasteiger partial charge in [-0.2, -0.15) is 4.31 Å². The maximum atomic E-state index is 13.3. The number of hydrogen-bond acceptors (Lipinski definition) is 6. The molecule has 2 aromatic carbocycles. The van der Waals surface area contributed by atoms with Crippen molar-refractivity contribution in [2.24, 2.45) is 0 Å². The first-order valence-corrected chi connectivity index (χ1v) is 14.0. The Bertz CT molecular complexity index is 1570. The summed E-state index contributed by atoms with van der Waals surface area (Å²) in [4.78, 5) is 32.3. The molecule has 0 unspecified atom stereocenters. The minimum absolute atomic E-state index is 0.203. The standard InChI is InChI=1S/C26H26N4O4S2/c1-18-23(19-8-4-2-5-9-19)24-25(35-18)27-17-29(26(24)32)16-22(31)28-20-10-12-21(13-11-20)36(33,34)30-14-6-3-7-15-30/h2,4-5,8-13,17H,3,6-7,14-16H2,1H3,(H,28,31). The number of benzene rings is 2. The van der Waals surface area contributed by atoms with Crippen molar-refractivity contribution in [3.8, 4) is 11.1 Å². The molecular weight excluding hydrogens is 496 g/mol. The molecule has 0 atom stereocenters. The van der Waals surface area contributed by atoms with Gasteiger partial charge in [0.2, 0.25) is 15.9 Å². The number of aromatic nitrogens is 2. The highest BCUT2D eigenvalue weighted by atomic mass is 32.2. The lowest BCUT2D eigenvalue weighted by atomic mass is 10.0. The summed E-state index contributed by atoms with van der Waals surface area (Å²) < 4.78 is 28.5. The lowest BCUT2D eigenvalue weighted by Crippen LogP contribution is -2.35. The van der Waals surface area contributed by atoms with Crippen LogP contribution >= 0.6 is 11.3 Å². The van der Waals surface area contributed by atoms with Crippen LogP contribution in [0.3, 0.4) is 0 Å². The SMILES string of the molecule is Cc1sc2ncn(CC(=O)Nc3ccc(S(=O)(=O)N4CCCCC4)cc3)c(=O)c2c1-c1ccccc1. The molecule has 1 aliphatic rings. The van der Waals surface area contributed by atoms with E-state index in [0.29, 0.717) is 29.0 Å². The monoisotopic (exact) mass is 522 g/mol. The van der Waals surface area contributed by atoms with Crippen LogP contribution in [0, 0.1) is 6.92 Å². The Hall–Kier alpha value is -3.34. The molecule has 0 bridgehead atoms. The van der Waals surface area contributed by atoms with Gasteiger partial charge in [0.1, 0.15) is 11.4 Å². The van der Waals surface area contributed by atoms with Crippen LogP contribution in [0.1, 0.15) is 24.1 Å². The topological polar surface area (TPSA) is 101 Å². The maximum absolute atomic E-state index is 13.3. The Morgan fingerprint density at radius 2 is 1.72 bits per heavy atom. The predicted octanol–water partition coefficient (Wildman–Crippen LogP) is 4.25. The number of thiophene rings is 1. The van der Waals surface area contributed by atoms with Crippen molar-refractivity contribution in [1.29, 1.82) is 0 Å². The molecule has 36 heavy (non-hydrogen) atoms. The number of rotatable bonds is 6. The van der Waals surface area contributed by atoms with E-state index in [4.69, 9.17) is 0 Å². The van der Waals surface area contributed by atoms with Crippen LogP contribution in [0.25, 0.3) is 21.3 Å². The van der Waals surface area contributed by atoms with Crippen molar-refractivity contribution in [2.75, 3.05) is 18.4 Å². The summed E-state index contributed by atoms with van der Waals surface area (Å²) in [6.07, 6.45) is 4.17. The van der Waals surface area contributed by atoms with E-state index in [1.54, 1.807) is 12.1 Å². The van der Waals surface area contributed by atoms with Crippen molar-refractivity contribution < 1.29 is 13.2 Å². The average molecular weight is 523 g/mol. The van der Waals surface area contributed by atoms with Crippen LogP contribution in [0.15, 0.2) is 70.6 Å². The minimum atomic E-state index is -3.54. The Kier molecular flexibility index (Phi) is 6.74. The van der Waals surface area contributed by atoms with Crippen LogP contribution in [0.2, 0.25) is 0 Å². The molecule has 0 saturated carbocycles. The number of fused-ring (bicyclic) bond motifs is 1. The van der Waals surface area contributed by atoms with E-state index in [1.807, 2.05) is 37.3 Å². The Morgan fingerprint density at radius 1 is 1.03 bits per heavy atom. The molecule has 1 aliphatic heterocycles. The van der Waals surface area contributed by atoms with Crippen LogP contribution < -0.4 is 10.9 Å². The summed E-state index contributed by atoms with van der Waals surface area (Å²) in [5.74, 6) is -0.405. The summed E-state index contributed by atoms with van der Waals surface area (Å²) >= 11 is 1.45. The fourth-order valence-electron chi connectivity index (χ4n) is 4.52. The van der Waals surface area contributed by atoms with E-state index in [0.717, 1.165) is 35.3 Å². The van der Waals surface area contributed by atoms with Gasteiger partial charge < -0.3 is 5.32 Å². The normalized spacial score (nSPS) is 14.7. The lowest BCUT2D eigenvalue weighted by Gasteiger charge is -2.25. The molecule has 5 rings (SSSR count). The smallest absolute Gasteiger partial charge is 0.263 e. The highest BCUT2D eigenvalue weighted by molar-refractivity contribution is 7.89. The second-order valence-electron chi connectivity index (χ2n) is 8.79. The van der Waals surface area contributed by atoms with E-state index in [1.165, 1.54) is 38.7 Å². The Labute approximate surface area is 213 Å². The lowest BCUT2D eigenvalue weighted by molar-refractivity contribution is -0.116. The second kappa shape index (κ2) is 9.96. The third-order valence-corrected chi connectivity index (χ3v) is 9.25. The molecule has 1 saturated heterocycles. The van der Waals surface area contributed by atoms with E-state index >= 15 is 0 Å². The summed E-state index contributed by atoms with van der Waals surface area (Å²) in [5, 5.41) is 3.25. The van der Waals surface area contributed by atoms with E-state index < -0.39 is 15.9 Å². The summed E-state index contributed by atoms with van der Waals surface area (Å²) in [6.45, 7) is 2.81. The number of hydrogen-bond donors (Lipinski definition) is 1. The molecule has 186 valence electrons. The molecular formula is C26H26N4O4S2. The number of carbonyl (C=O) groups excluding carboxylic acids is 1. The number of sulfonamides is 1. The van der Waals surface area contributed by atoms with Gasteiger partial charge in [0.15, 0.2) is 0 Å². The number of anilines is 1. The van der Waals surface area contributed by atoms with Crippen LogP contribution in [0.4, 0.5) is 5.69 Å². The van der Waals surface area contributed by atoms with Crippen molar-refractivity contribution in [2.45, 2.75) is 37.6 Å². The molecule has 0 radical (unpaired) electrons. The number of aryl methyl sites for hydroxylation is 1. The first kappa shape index (κ1) is 24.4. The average Bonchev–Trinajstić information content (AvgIpc) is 3.23. The molecule has 2 aromatic heterocycles. The molecule has 3 heterocycles. The third kappa shape index (κ3) is 4.71. The van der Waals surface area contributed by atoms with E-state index in [-0.39, 0.29) is 17.0 Å². The zero-order valence-corrected chi connectivity index (χ0v) is 21.4. The maximum Gasteiger partial charge on any atom is 0.263 e. The van der Waals surface area contributed by atoms with Gasteiger partial charge in [-0.05, 0) is 49.6 Å². The zero-order valence-electron chi connectivity index (χ0n) is 19.8. The molecule has 1 amide bonds. The van der Waals surface area contributed by atoms with Gasteiger partial charge in [0.05, 0.1) is 16.6 Å². The minimum Gasteiger partial charge on any atom is -0.325 e. The van der Waals surface area contributed by atoms with Crippen molar-refractivity contribution in [1.82, 2.24) is 13.9 Å². The number of amides is 1. The Morgan fingerprint density at radius 3 is 2.42 bits per heavy atom. The van der Waals surface area contributed by atoms with E-state index in [9.17, 15) is 18.0 Å².